The van der Waals surface area contributed by atoms with Crippen molar-refractivity contribution in [2.24, 2.45) is 5.10 Å². The van der Waals surface area contributed by atoms with Gasteiger partial charge < -0.3 is 4.42 Å². The topological polar surface area (TPSA) is 37.5 Å². The van der Waals surface area contributed by atoms with Crippen LogP contribution in [-0.4, -0.2) is 5.71 Å². The van der Waals surface area contributed by atoms with E-state index in [4.69, 9.17) is 4.42 Å². The molecule has 0 amide bonds. The van der Waals surface area contributed by atoms with E-state index in [1.54, 1.807) is 12.1 Å². The minimum Gasteiger partial charge on any atom is -0.455 e. The first-order valence-corrected chi connectivity index (χ1v) is 6.27. The Morgan fingerprint density at radius 1 is 1.10 bits per heavy atom. The van der Waals surface area contributed by atoms with Crippen molar-refractivity contribution in [3.05, 3.63) is 66.2 Å². The van der Waals surface area contributed by atoms with Gasteiger partial charge in [0.2, 0.25) is 0 Å². The molecule has 2 aromatic carbocycles. The van der Waals surface area contributed by atoms with E-state index in [0.717, 1.165) is 22.4 Å². The predicted molar refractivity (Wildman–Crippen MR) is 78.4 cm³/mol. The number of hydrogen-bond acceptors (Lipinski definition) is 3. The lowest BCUT2D eigenvalue weighted by Crippen LogP contribution is -1.98. The largest absolute Gasteiger partial charge is 0.455 e. The van der Waals surface area contributed by atoms with Crippen molar-refractivity contribution < 1.29 is 8.81 Å². The van der Waals surface area contributed by atoms with Gasteiger partial charge in [0.15, 0.2) is 5.76 Å². The van der Waals surface area contributed by atoms with Crippen molar-refractivity contribution in [2.45, 2.75) is 6.92 Å². The fraction of sp³-hybridized carbons (Fsp3) is 0.0625. The van der Waals surface area contributed by atoms with Crippen LogP contribution in [0.5, 0.6) is 0 Å². The van der Waals surface area contributed by atoms with Crippen LogP contribution in [0.2, 0.25) is 0 Å². The van der Waals surface area contributed by atoms with Crippen molar-refractivity contribution in [2.75, 3.05) is 5.43 Å². The number of anilines is 1. The summed E-state index contributed by atoms with van der Waals surface area (Å²) in [6, 6.07) is 15.8. The molecule has 20 heavy (non-hydrogen) atoms. The second-order valence-corrected chi connectivity index (χ2v) is 4.46. The monoisotopic (exact) mass is 268 g/mol. The Balaban J connectivity index is 1.82. The van der Waals surface area contributed by atoms with Crippen molar-refractivity contribution in [1.29, 1.82) is 0 Å². The molecule has 0 saturated carbocycles. The lowest BCUT2D eigenvalue weighted by molar-refractivity contribution is 0.604. The molecule has 0 fully saturated rings. The van der Waals surface area contributed by atoms with Gasteiger partial charge in [-0.25, -0.2) is 4.39 Å². The highest BCUT2D eigenvalue weighted by Crippen LogP contribution is 2.19. The number of fused-ring (bicyclic) bond motifs is 1. The van der Waals surface area contributed by atoms with Gasteiger partial charge in [0.1, 0.15) is 17.1 Å². The molecule has 0 radical (unpaired) electrons. The number of benzene rings is 2. The first kappa shape index (κ1) is 12.4. The van der Waals surface area contributed by atoms with Crippen LogP contribution in [0.25, 0.3) is 11.0 Å². The molecule has 4 heteroatoms. The van der Waals surface area contributed by atoms with E-state index in [-0.39, 0.29) is 5.82 Å². The van der Waals surface area contributed by atoms with Gasteiger partial charge in [-0.3, -0.25) is 5.43 Å². The normalized spacial score (nSPS) is 11.8. The fourth-order valence-corrected chi connectivity index (χ4v) is 1.89. The summed E-state index contributed by atoms with van der Waals surface area (Å²) >= 11 is 0. The van der Waals surface area contributed by atoms with Gasteiger partial charge in [-0.05, 0) is 43.3 Å². The van der Waals surface area contributed by atoms with E-state index >= 15 is 0 Å². The molecule has 1 aromatic heterocycles. The van der Waals surface area contributed by atoms with Crippen molar-refractivity contribution >= 4 is 22.4 Å². The number of para-hydroxylation sites is 1. The summed E-state index contributed by atoms with van der Waals surface area (Å²) in [7, 11) is 0. The second-order valence-electron chi connectivity index (χ2n) is 4.46. The standard InChI is InChI=1S/C16H13FN2O/c1-11(18-19-14-8-6-13(17)7-9-14)16-10-12-4-2-3-5-15(12)20-16/h2-10,19H,1H3/b18-11-. The van der Waals surface area contributed by atoms with E-state index in [2.05, 4.69) is 10.5 Å². The molecule has 3 aromatic rings. The molecular weight excluding hydrogens is 255 g/mol. The van der Waals surface area contributed by atoms with E-state index in [9.17, 15) is 4.39 Å². The van der Waals surface area contributed by atoms with Gasteiger partial charge in [-0.1, -0.05) is 18.2 Å². The summed E-state index contributed by atoms with van der Waals surface area (Å²) in [5, 5.41) is 5.28. The highest BCUT2D eigenvalue weighted by Gasteiger charge is 2.05. The van der Waals surface area contributed by atoms with E-state index < -0.39 is 0 Å². The quantitative estimate of drug-likeness (QED) is 0.564. The molecule has 0 saturated heterocycles. The lowest BCUT2D eigenvalue weighted by Gasteiger charge is -2.01. The van der Waals surface area contributed by atoms with Gasteiger partial charge in [0.25, 0.3) is 0 Å². The molecule has 0 bridgehead atoms. The molecule has 0 unspecified atom stereocenters. The van der Waals surface area contributed by atoms with Crippen molar-refractivity contribution in [3.8, 4) is 0 Å². The Kier molecular flexibility index (Phi) is 3.21. The Morgan fingerprint density at radius 3 is 2.60 bits per heavy atom. The SMILES string of the molecule is C/C(=N/Nc1ccc(F)cc1)c1cc2ccccc2o1. The summed E-state index contributed by atoms with van der Waals surface area (Å²) in [4.78, 5) is 0. The van der Waals surface area contributed by atoms with E-state index in [0.29, 0.717) is 5.76 Å². The average Bonchev–Trinajstić information content (AvgIpc) is 2.90. The van der Waals surface area contributed by atoms with Gasteiger partial charge in [-0.15, -0.1) is 0 Å². The summed E-state index contributed by atoms with van der Waals surface area (Å²) in [6.45, 7) is 1.86. The number of halogens is 1. The third kappa shape index (κ3) is 2.54. The highest BCUT2D eigenvalue weighted by atomic mass is 19.1. The molecule has 0 spiro atoms. The van der Waals surface area contributed by atoms with Crippen molar-refractivity contribution in [3.63, 3.8) is 0 Å². The first-order valence-electron chi connectivity index (χ1n) is 6.27. The Hall–Kier alpha value is -2.62. The van der Waals surface area contributed by atoms with Crippen LogP contribution in [0, 0.1) is 5.82 Å². The maximum Gasteiger partial charge on any atom is 0.151 e. The molecule has 100 valence electrons. The molecule has 1 heterocycles. The zero-order valence-electron chi connectivity index (χ0n) is 10.9. The van der Waals surface area contributed by atoms with E-state index in [1.165, 1.54) is 12.1 Å². The van der Waals surface area contributed by atoms with Gasteiger partial charge in [0, 0.05) is 5.39 Å². The minimum absolute atomic E-state index is 0.270. The number of hydrazone groups is 1. The van der Waals surface area contributed by atoms with Crippen LogP contribution >= 0.6 is 0 Å². The fourth-order valence-electron chi connectivity index (χ4n) is 1.89. The number of nitrogens with one attached hydrogen (secondary N) is 1. The molecule has 0 aliphatic rings. The zero-order chi connectivity index (χ0) is 13.9. The maximum atomic E-state index is 12.8. The number of rotatable bonds is 3. The van der Waals surface area contributed by atoms with Crippen LogP contribution in [0.15, 0.2) is 64.1 Å². The van der Waals surface area contributed by atoms with Crippen LogP contribution in [-0.2, 0) is 0 Å². The van der Waals surface area contributed by atoms with Gasteiger partial charge >= 0.3 is 0 Å². The van der Waals surface area contributed by atoms with Crippen molar-refractivity contribution in [1.82, 2.24) is 0 Å². The predicted octanol–water partition coefficient (Wildman–Crippen LogP) is 4.41. The molecule has 0 aliphatic carbocycles. The molecular formula is C16H13FN2O. The molecule has 1 N–H and O–H groups in total. The summed E-state index contributed by atoms with van der Waals surface area (Å²) in [5.74, 6) is 0.439. The first-order chi connectivity index (χ1) is 9.72. The smallest absolute Gasteiger partial charge is 0.151 e. The van der Waals surface area contributed by atoms with Gasteiger partial charge in [-0.2, -0.15) is 5.10 Å². The van der Waals surface area contributed by atoms with Crippen LogP contribution in [0.1, 0.15) is 12.7 Å². The lowest BCUT2D eigenvalue weighted by atomic mass is 10.2. The zero-order valence-corrected chi connectivity index (χ0v) is 10.9. The third-order valence-corrected chi connectivity index (χ3v) is 2.98. The molecule has 3 nitrogen and oxygen atoms in total. The summed E-state index contributed by atoms with van der Waals surface area (Å²) in [5.41, 5.74) is 5.16. The Bertz CT molecular complexity index is 727. The third-order valence-electron chi connectivity index (χ3n) is 2.98. The molecule has 3 rings (SSSR count). The molecule has 0 aliphatic heterocycles. The Morgan fingerprint density at radius 2 is 1.85 bits per heavy atom. The minimum atomic E-state index is -0.270. The number of nitrogens with zero attached hydrogens (tertiary/aromatic N) is 1. The van der Waals surface area contributed by atoms with Gasteiger partial charge in [0.05, 0.1) is 5.69 Å². The second kappa shape index (κ2) is 5.17. The molecule has 0 atom stereocenters. The highest BCUT2D eigenvalue weighted by molar-refractivity contribution is 6.00. The maximum absolute atomic E-state index is 12.8. The number of furan rings is 1. The number of hydrogen-bond donors (Lipinski definition) is 1. The summed E-state index contributed by atoms with van der Waals surface area (Å²) in [6.07, 6.45) is 0. The van der Waals surface area contributed by atoms with Crippen LogP contribution in [0.3, 0.4) is 0 Å². The Labute approximate surface area is 115 Å². The van der Waals surface area contributed by atoms with E-state index in [1.807, 2.05) is 37.3 Å². The van der Waals surface area contributed by atoms with Crippen LogP contribution in [0.4, 0.5) is 10.1 Å². The summed E-state index contributed by atoms with van der Waals surface area (Å²) < 4.78 is 18.5. The average molecular weight is 268 g/mol. The van der Waals surface area contributed by atoms with Crippen LogP contribution < -0.4 is 5.43 Å².